The summed E-state index contributed by atoms with van der Waals surface area (Å²) in [6.07, 6.45) is 0. The van der Waals surface area contributed by atoms with Crippen molar-refractivity contribution in [1.29, 1.82) is 0 Å². The van der Waals surface area contributed by atoms with E-state index in [1.807, 2.05) is 0 Å². The van der Waals surface area contributed by atoms with Gasteiger partial charge in [-0.3, -0.25) is 4.79 Å². The van der Waals surface area contributed by atoms with Crippen molar-refractivity contribution in [2.45, 2.75) is 13.8 Å². The molecule has 0 fully saturated rings. The van der Waals surface area contributed by atoms with Gasteiger partial charge in [-0.05, 0) is 6.92 Å². The Balaban J connectivity index is -0.000000135. The van der Waals surface area contributed by atoms with E-state index < -0.39 is 11.9 Å². The van der Waals surface area contributed by atoms with Crippen LogP contribution < -0.4 is 0 Å². The third-order valence-corrected chi connectivity index (χ3v) is 0.465. The lowest BCUT2D eigenvalue weighted by Crippen LogP contribution is -1.92. The Kier molecular flexibility index (Phi) is 18.6. The van der Waals surface area contributed by atoms with Crippen LogP contribution in [0.15, 0.2) is 12.2 Å². The second-order valence-electron chi connectivity index (χ2n) is 2.05. The zero-order valence-corrected chi connectivity index (χ0v) is 8.23. The minimum atomic E-state index is -0.935. The topological polar surface area (TPSA) is 115 Å². The number of carboxylic acids is 2. The lowest BCUT2D eigenvalue weighted by Gasteiger charge is -1.79. The van der Waals surface area contributed by atoms with Gasteiger partial charge in [0.15, 0.2) is 0 Å². The van der Waals surface area contributed by atoms with Gasteiger partial charge < -0.3 is 20.4 Å². The van der Waals surface area contributed by atoms with Gasteiger partial charge >= 0.3 is 5.97 Å². The van der Waals surface area contributed by atoms with Gasteiger partial charge in [-0.1, -0.05) is 6.58 Å². The molecule has 0 bridgehead atoms. The highest BCUT2D eigenvalue weighted by Gasteiger charge is 1.90. The number of aliphatic carboxylic acids is 2. The molecule has 0 radical (unpaired) electrons. The normalized spacial score (nSPS) is 7.14. The molecule has 6 heteroatoms. The first-order valence-corrected chi connectivity index (χ1v) is 3.59. The summed E-state index contributed by atoms with van der Waals surface area (Å²) in [5, 5.41) is 30.6. The molecule has 0 aromatic carbocycles. The van der Waals surface area contributed by atoms with Crippen molar-refractivity contribution < 1.29 is 30.0 Å². The van der Waals surface area contributed by atoms with E-state index in [2.05, 4.69) is 6.58 Å². The van der Waals surface area contributed by atoms with E-state index in [0.717, 1.165) is 6.92 Å². The highest BCUT2D eigenvalue weighted by molar-refractivity contribution is 5.84. The molecule has 4 N–H and O–H groups in total. The summed E-state index contributed by atoms with van der Waals surface area (Å²) in [4.78, 5) is 18.6. The fourth-order valence-electron chi connectivity index (χ4n) is 0. The van der Waals surface area contributed by atoms with E-state index in [1.165, 1.54) is 6.92 Å². The molecule has 0 aromatic heterocycles. The van der Waals surface area contributed by atoms with Crippen LogP contribution in [0.25, 0.3) is 0 Å². The van der Waals surface area contributed by atoms with Crippen LogP contribution in [0.5, 0.6) is 0 Å². The molecule has 0 saturated carbocycles. The van der Waals surface area contributed by atoms with Gasteiger partial charge in [0.25, 0.3) is 5.97 Å². The molecular formula is C8H16O6. The predicted molar refractivity (Wildman–Crippen MR) is 49.9 cm³/mol. The number of carboxylic acid groups (broad SMARTS) is 2. The van der Waals surface area contributed by atoms with Crippen molar-refractivity contribution in [2.24, 2.45) is 0 Å². The first kappa shape index (κ1) is 18.4. The lowest BCUT2D eigenvalue weighted by atomic mass is 10.4. The maximum Gasteiger partial charge on any atom is 0.330 e. The van der Waals surface area contributed by atoms with E-state index in [0.29, 0.717) is 0 Å². The molecule has 0 aliphatic carbocycles. The number of hydrogen-bond acceptors (Lipinski definition) is 4. The average molecular weight is 208 g/mol. The SMILES string of the molecule is C=C(C)C(=O)O.CC(=O)O.OCCO. The van der Waals surface area contributed by atoms with Crippen LogP contribution in [0, 0.1) is 0 Å². The van der Waals surface area contributed by atoms with Crippen LogP contribution in [0.2, 0.25) is 0 Å². The quantitative estimate of drug-likeness (QED) is 0.463. The number of hydrogen-bond donors (Lipinski definition) is 4. The second kappa shape index (κ2) is 14.1. The molecule has 0 saturated heterocycles. The molecule has 84 valence electrons. The molecule has 0 aliphatic heterocycles. The number of aliphatic hydroxyl groups excluding tert-OH is 2. The Morgan fingerprint density at radius 3 is 1.21 bits per heavy atom. The third kappa shape index (κ3) is 75.4. The van der Waals surface area contributed by atoms with Crippen molar-refractivity contribution in [2.75, 3.05) is 13.2 Å². The Bertz CT molecular complexity index is 157. The first-order valence-electron chi connectivity index (χ1n) is 3.59. The number of rotatable bonds is 2. The minimum Gasteiger partial charge on any atom is -0.481 e. The molecule has 0 amide bonds. The Morgan fingerprint density at radius 2 is 1.21 bits per heavy atom. The van der Waals surface area contributed by atoms with Crippen molar-refractivity contribution in [3.63, 3.8) is 0 Å². The van der Waals surface area contributed by atoms with E-state index in [9.17, 15) is 4.79 Å². The predicted octanol–water partition coefficient (Wildman–Crippen LogP) is -0.291. The summed E-state index contributed by atoms with van der Waals surface area (Å²) in [7, 11) is 0. The second-order valence-corrected chi connectivity index (χ2v) is 2.05. The Hall–Kier alpha value is -1.40. The van der Waals surface area contributed by atoms with Crippen LogP contribution in [0.3, 0.4) is 0 Å². The van der Waals surface area contributed by atoms with Crippen LogP contribution in [0.4, 0.5) is 0 Å². The van der Waals surface area contributed by atoms with Crippen molar-refractivity contribution >= 4 is 11.9 Å². The Morgan fingerprint density at radius 1 is 1.07 bits per heavy atom. The molecular weight excluding hydrogens is 192 g/mol. The molecule has 0 atom stereocenters. The largest absolute Gasteiger partial charge is 0.481 e. The summed E-state index contributed by atoms with van der Waals surface area (Å²) in [5.41, 5.74) is 0.176. The molecule has 0 heterocycles. The number of carbonyl (C=O) groups is 2. The van der Waals surface area contributed by atoms with E-state index >= 15 is 0 Å². The summed E-state index contributed by atoms with van der Waals surface area (Å²) >= 11 is 0. The van der Waals surface area contributed by atoms with Crippen LogP contribution in [-0.2, 0) is 9.59 Å². The van der Waals surface area contributed by atoms with Crippen LogP contribution in [-0.4, -0.2) is 45.6 Å². The summed E-state index contributed by atoms with van der Waals surface area (Å²) in [6, 6.07) is 0. The van der Waals surface area contributed by atoms with Gasteiger partial charge in [-0.25, -0.2) is 4.79 Å². The standard InChI is InChI=1S/C4H6O2.C2H4O2.C2H6O2/c1-3(2)4(5)6;1-2(3)4;3-1-2-4/h1H2,2H3,(H,5,6);1H3,(H,3,4);3-4H,1-2H2. The van der Waals surface area contributed by atoms with Gasteiger partial charge in [0.2, 0.25) is 0 Å². The van der Waals surface area contributed by atoms with Crippen LogP contribution in [0.1, 0.15) is 13.8 Å². The fraction of sp³-hybridized carbons (Fsp3) is 0.500. The van der Waals surface area contributed by atoms with E-state index in [4.69, 9.17) is 25.2 Å². The highest BCUT2D eigenvalue weighted by atomic mass is 16.4. The summed E-state index contributed by atoms with van der Waals surface area (Å²) < 4.78 is 0. The average Bonchev–Trinajstić information content (AvgIpc) is 2.03. The van der Waals surface area contributed by atoms with E-state index in [-0.39, 0.29) is 18.8 Å². The fourth-order valence-corrected chi connectivity index (χ4v) is 0. The molecule has 0 spiro atoms. The highest BCUT2D eigenvalue weighted by Crippen LogP contribution is 1.81. The third-order valence-electron chi connectivity index (χ3n) is 0.465. The summed E-state index contributed by atoms with van der Waals surface area (Å²) in [5.74, 6) is -1.77. The first-order chi connectivity index (χ1) is 6.29. The van der Waals surface area contributed by atoms with Crippen molar-refractivity contribution in [3.05, 3.63) is 12.2 Å². The smallest absolute Gasteiger partial charge is 0.330 e. The summed E-state index contributed by atoms with van der Waals surface area (Å²) in [6.45, 7) is 5.44. The number of aliphatic hydroxyl groups is 2. The molecule has 6 nitrogen and oxygen atoms in total. The minimum absolute atomic E-state index is 0.125. The molecule has 0 aromatic rings. The Labute approximate surface area is 82.1 Å². The zero-order valence-electron chi connectivity index (χ0n) is 8.23. The van der Waals surface area contributed by atoms with Gasteiger partial charge in [-0.15, -0.1) is 0 Å². The monoisotopic (exact) mass is 208 g/mol. The van der Waals surface area contributed by atoms with E-state index in [1.54, 1.807) is 0 Å². The molecule has 0 rings (SSSR count). The lowest BCUT2D eigenvalue weighted by molar-refractivity contribution is -0.134. The van der Waals surface area contributed by atoms with Gasteiger partial charge in [-0.2, -0.15) is 0 Å². The van der Waals surface area contributed by atoms with Gasteiger partial charge in [0.1, 0.15) is 0 Å². The maximum absolute atomic E-state index is 9.60. The van der Waals surface area contributed by atoms with Crippen molar-refractivity contribution in [3.8, 4) is 0 Å². The molecule has 0 unspecified atom stereocenters. The molecule has 0 aliphatic rings. The maximum atomic E-state index is 9.60. The zero-order chi connectivity index (χ0) is 12.1. The van der Waals surface area contributed by atoms with Crippen molar-refractivity contribution in [1.82, 2.24) is 0 Å². The van der Waals surface area contributed by atoms with Crippen LogP contribution >= 0.6 is 0 Å². The van der Waals surface area contributed by atoms with Gasteiger partial charge in [0.05, 0.1) is 13.2 Å². The van der Waals surface area contributed by atoms with Gasteiger partial charge in [0, 0.05) is 12.5 Å². The molecule has 14 heavy (non-hydrogen) atoms.